The van der Waals surface area contributed by atoms with E-state index in [9.17, 15) is 4.79 Å². The van der Waals surface area contributed by atoms with Gasteiger partial charge in [-0.2, -0.15) is 0 Å². The van der Waals surface area contributed by atoms with E-state index in [1.54, 1.807) is 6.20 Å². The molecule has 5 N–H and O–H groups in total. The van der Waals surface area contributed by atoms with Gasteiger partial charge in [0, 0.05) is 37.3 Å². The average molecular weight is 474 g/mol. The fourth-order valence-electron chi connectivity index (χ4n) is 2.93. The zero-order valence-corrected chi connectivity index (χ0v) is 18.0. The molecule has 1 aromatic rings. The van der Waals surface area contributed by atoms with Gasteiger partial charge in [-0.05, 0) is 31.2 Å². The number of nitrogens with two attached hydrogens (primary N) is 2. The third-order valence-corrected chi connectivity index (χ3v) is 4.51. The highest BCUT2D eigenvalue weighted by Gasteiger charge is 2.24. The van der Waals surface area contributed by atoms with Crippen molar-refractivity contribution in [2.75, 3.05) is 24.5 Å². The molecule has 1 aliphatic heterocycles. The van der Waals surface area contributed by atoms with Crippen LogP contribution in [0.1, 0.15) is 38.7 Å². The number of nitrogens with one attached hydrogen (secondary N) is 1. The number of anilines is 1. The molecule has 1 amide bonds. The second-order valence-electron chi connectivity index (χ2n) is 6.96. The highest BCUT2D eigenvalue weighted by molar-refractivity contribution is 14.0. The molecule has 0 spiro atoms. The molecule has 26 heavy (non-hydrogen) atoms. The number of aromatic nitrogens is 1. The lowest BCUT2D eigenvalue weighted by Crippen LogP contribution is -2.39. The van der Waals surface area contributed by atoms with E-state index < -0.39 is 0 Å². The monoisotopic (exact) mass is 474 g/mol. The van der Waals surface area contributed by atoms with E-state index in [2.05, 4.69) is 34.0 Å². The molecule has 0 atom stereocenters. The number of piperidine rings is 1. The summed E-state index contributed by atoms with van der Waals surface area (Å²) >= 11 is 0. The van der Waals surface area contributed by atoms with E-state index in [1.165, 1.54) is 0 Å². The summed E-state index contributed by atoms with van der Waals surface area (Å²) in [6.45, 7) is 7.23. The van der Waals surface area contributed by atoms with Crippen LogP contribution in [-0.4, -0.2) is 36.5 Å². The number of carbonyl (C=O) groups excluding carboxylic acids is 1. The van der Waals surface area contributed by atoms with E-state index in [4.69, 9.17) is 11.5 Å². The molecule has 7 nitrogen and oxygen atoms in total. The smallest absolute Gasteiger partial charge is 0.220 e. The standard InChI is InChI=1S/C18H30N6O.HI/c1-13(2)5-9-22-18(20)23-12-15-4-3-8-21-17(15)24-10-6-14(7-11-24)16(19)25;/h3-4,8,13-14H,5-7,9-12H2,1-2H3,(H2,19,25)(H3,20,22,23);1H. The van der Waals surface area contributed by atoms with Crippen LogP contribution in [0.15, 0.2) is 23.3 Å². The Hall–Kier alpha value is -1.58. The lowest BCUT2D eigenvalue weighted by Gasteiger charge is -2.32. The molecule has 0 aliphatic carbocycles. The van der Waals surface area contributed by atoms with Gasteiger partial charge >= 0.3 is 0 Å². The molecule has 0 saturated carbocycles. The minimum absolute atomic E-state index is 0. The van der Waals surface area contributed by atoms with Gasteiger partial charge in [-0.3, -0.25) is 4.79 Å². The minimum Gasteiger partial charge on any atom is -0.370 e. The van der Waals surface area contributed by atoms with Crippen molar-refractivity contribution in [3.63, 3.8) is 0 Å². The summed E-state index contributed by atoms with van der Waals surface area (Å²) in [4.78, 5) is 22.5. The molecule has 1 fully saturated rings. The molecule has 2 heterocycles. The maximum atomic E-state index is 11.3. The van der Waals surface area contributed by atoms with Crippen LogP contribution in [0.2, 0.25) is 0 Å². The van der Waals surface area contributed by atoms with Crippen molar-refractivity contribution in [3.8, 4) is 0 Å². The predicted octanol–water partition coefficient (Wildman–Crippen LogP) is 1.85. The first-order valence-electron chi connectivity index (χ1n) is 8.99. The van der Waals surface area contributed by atoms with Gasteiger partial charge in [0.2, 0.25) is 5.91 Å². The fourth-order valence-corrected chi connectivity index (χ4v) is 2.93. The Morgan fingerprint density at radius 3 is 2.69 bits per heavy atom. The summed E-state index contributed by atoms with van der Waals surface area (Å²) in [6.07, 6.45) is 4.39. The summed E-state index contributed by atoms with van der Waals surface area (Å²) in [5, 5.41) is 3.14. The Morgan fingerprint density at radius 2 is 2.08 bits per heavy atom. The predicted molar refractivity (Wildman–Crippen MR) is 117 cm³/mol. The van der Waals surface area contributed by atoms with E-state index in [0.717, 1.165) is 50.3 Å². The topological polar surface area (TPSA) is 110 Å². The van der Waals surface area contributed by atoms with Gasteiger partial charge in [0.15, 0.2) is 5.96 Å². The number of carbonyl (C=O) groups is 1. The van der Waals surface area contributed by atoms with E-state index in [0.29, 0.717) is 18.4 Å². The number of guanidine groups is 1. The van der Waals surface area contributed by atoms with Gasteiger partial charge in [0.25, 0.3) is 0 Å². The lowest BCUT2D eigenvalue weighted by atomic mass is 9.96. The fraction of sp³-hybridized carbons (Fsp3) is 0.611. The van der Waals surface area contributed by atoms with E-state index >= 15 is 0 Å². The number of primary amides is 1. The number of hydrogen-bond acceptors (Lipinski definition) is 4. The summed E-state index contributed by atoms with van der Waals surface area (Å²) in [6, 6.07) is 3.93. The Kier molecular flexibility index (Phi) is 9.68. The summed E-state index contributed by atoms with van der Waals surface area (Å²) in [7, 11) is 0. The maximum Gasteiger partial charge on any atom is 0.220 e. The van der Waals surface area contributed by atoms with Gasteiger partial charge in [-0.15, -0.1) is 24.0 Å². The third-order valence-electron chi connectivity index (χ3n) is 4.51. The van der Waals surface area contributed by atoms with Crippen molar-refractivity contribution in [1.82, 2.24) is 10.3 Å². The number of aliphatic imine (C=N–C) groups is 1. The summed E-state index contributed by atoms with van der Waals surface area (Å²) < 4.78 is 0. The largest absolute Gasteiger partial charge is 0.370 e. The minimum atomic E-state index is -0.203. The first-order chi connectivity index (χ1) is 12.0. The van der Waals surface area contributed by atoms with Crippen LogP contribution in [-0.2, 0) is 11.3 Å². The molecule has 146 valence electrons. The molecule has 0 aromatic carbocycles. The number of rotatable bonds is 7. The molecule has 1 saturated heterocycles. The number of halogens is 1. The first-order valence-corrected chi connectivity index (χ1v) is 8.99. The van der Waals surface area contributed by atoms with Crippen molar-refractivity contribution in [2.24, 2.45) is 28.3 Å². The molecule has 8 heteroatoms. The van der Waals surface area contributed by atoms with Gasteiger partial charge in [0.1, 0.15) is 5.82 Å². The average Bonchev–Trinajstić information content (AvgIpc) is 2.60. The molecule has 1 aliphatic rings. The van der Waals surface area contributed by atoms with Crippen LogP contribution in [0.25, 0.3) is 0 Å². The van der Waals surface area contributed by atoms with Crippen molar-refractivity contribution in [2.45, 2.75) is 39.7 Å². The van der Waals surface area contributed by atoms with Crippen molar-refractivity contribution in [1.29, 1.82) is 0 Å². The van der Waals surface area contributed by atoms with Crippen molar-refractivity contribution < 1.29 is 4.79 Å². The SMILES string of the molecule is CC(C)CCNC(N)=NCc1cccnc1N1CCC(C(N)=O)CC1.I. The van der Waals surface area contributed by atoms with Crippen LogP contribution in [0, 0.1) is 11.8 Å². The van der Waals surface area contributed by atoms with Crippen LogP contribution in [0.4, 0.5) is 5.82 Å². The number of pyridine rings is 1. The molecule has 0 radical (unpaired) electrons. The molecule has 2 rings (SSSR count). The van der Waals surface area contributed by atoms with Crippen molar-refractivity contribution >= 4 is 41.7 Å². The van der Waals surface area contributed by atoms with Gasteiger partial charge in [0.05, 0.1) is 6.54 Å². The highest BCUT2D eigenvalue weighted by atomic mass is 127. The van der Waals surface area contributed by atoms with Crippen LogP contribution >= 0.6 is 24.0 Å². The first kappa shape index (κ1) is 22.5. The second-order valence-corrected chi connectivity index (χ2v) is 6.96. The molecule has 0 unspecified atom stereocenters. The third kappa shape index (κ3) is 6.97. The summed E-state index contributed by atoms with van der Waals surface area (Å²) in [5.74, 6) is 1.79. The molecule has 1 aromatic heterocycles. The Morgan fingerprint density at radius 1 is 1.38 bits per heavy atom. The van der Waals surface area contributed by atoms with Crippen molar-refractivity contribution in [3.05, 3.63) is 23.9 Å². The maximum absolute atomic E-state index is 11.3. The second kappa shape index (κ2) is 11.2. The number of hydrogen-bond donors (Lipinski definition) is 3. The zero-order valence-electron chi connectivity index (χ0n) is 15.6. The summed E-state index contributed by atoms with van der Waals surface area (Å²) in [5.41, 5.74) is 12.4. The quantitative estimate of drug-likeness (QED) is 0.318. The lowest BCUT2D eigenvalue weighted by molar-refractivity contribution is -0.122. The number of amides is 1. The normalized spacial score (nSPS) is 15.7. The molecule has 0 bridgehead atoms. The van der Waals surface area contributed by atoms with Crippen LogP contribution < -0.4 is 21.7 Å². The van der Waals surface area contributed by atoms with E-state index in [-0.39, 0.29) is 35.8 Å². The number of nitrogens with zero attached hydrogens (tertiary/aromatic N) is 3. The van der Waals surface area contributed by atoms with E-state index in [1.807, 2.05) is 12.1 Å². The highest BCUT2D eigenvalue weighted by Crippen LogP contribution is 2.24. The van der Waals surface area contributed by atoms with Gasteiger partial charge < -0.3 is 21.7 Å². The Bertz CT molecular complexity index is 599. The Labute approximate surface area is 173 Å². The zero-order chi connectivity index (χ0) is 18.2. The molecular weight excluding hydrogens is 443 g/mol. The van der Waals surface area contributed by atoms with Gasteiger partial charge in [-0.1, -0.05) is 19.9 Å². The molecular formula is C18H31IN6O. The van der Waals surface area contributed by atoms with Crippen LogP contribution in [0.3, 0.4) is 0 Å². The Balaban J connectivity index is 0.00000338. The van der Waals surface area contributed by atoms with Crippen LogP contribution in [0.5, 0.6) is 0 Å². The van der Waals surface area contributed by atoms with Gasteiger partial charge in [-0.25, -0.2) is 9.98 Å².